The molecule has 8 aromatic rings. The van der Waals surface area contributed by atoms with Crippen molar-refractivity contribution in [2.45, 2.75) is 96.3 Å². The molecule has 1 nitrogen and oxygen atoms in total. The zero-order valence-electron chi connectivity index (χ0n) is 39.0. The van der Waals surface area contributed by atoms with Gasteiger partial charge in [-0.3, -0.25) is 0 Å². The summed E-state index contributed by atoms with van der Waals surface area (Å²) in [5, 5.41) is 0. The van der Waals surface area contributed by atoms with Crippen molar-refractivity contribution in [1.82, 2.24) is 0 Å². The van der Waals surface area contributed by atoms with E-state index in [0.29, 0.717) is 0 Å². The summed E-state index contributed by atoms with van der Waals surface area (Å²) in [5.41, 5.74) is 27.0. The molecule has 0 N–H and O–H groups in total. The van der Waals surface area contributed by atoms with Gasteiger partial charge in [-0.2, -0.15) is 0 Å². The Kier molecular flexibility index (Phi) is 7.87. The lowest BCUT2D eigenvalue weighted by atomic mass is 9.68. The Morgan fingerprint density at radius 1 is 0.328 bits per heavy atom. The Bertz CT molecular complexity index is 3260. The Morgan fingerprint density at radius 2 is 0.781 bits per heavy atom. The molecule has 0 heterocycles. The predicted octanol–water partition coefficient (Wildman–Crippen LogP) is 16.7. The molecule has 64 heavy (non-hydrogen) atoms. The maximum Gasteiger partial charge on any atom is 0.0726 e. The Morgan fingerprint density at radius 3 is 1.41 bits per heavy atom. The van der Waals surface area contributed by atoms with E-state index < -0.39 is 5.41 Å². The molecule has 314 valence electrons. The van der Waals surface area contributed by atoms with Gasteiger partial charge < -0.3 is 4.90 Å². The van der Waals surface area contributed by atoms with Gasteiger partial charge >= 0.3 is 0 Å². The summed E-state index contributed by atoms with van der Waals surface area (Å²) in [6.45, 7) is 23.9. The molecule has 1 heteroatoms. The standard InChI is InChI=1S/C63H57N/c1-59(2,3)38-30-32-46-53(34-38)63(49-26-17-12-21-42(49)43-22-13-18-27-50(43)63)54-35-39(60(4,5)6)36-56(58(46)54)64(40-31-33-44-41-20-11-15-24-47(41)62(9,10)52(44)37-40)55-29-19-28-51-57(55)45-23-14-16-25-48(45)61(51,7)8/h11-37H,1-10H3. The monoisotopic (exact) mass is 827 g/mol. The van der Waals surface area contributed by atoms with E-state index in [1.54, 1.807) is 0 Å². The lowest BCUT2D eigenvalue weighted by Gasteiger charge is -2.35. The molecule has 0 fully saturated rings. The van der Waals surface area contributed by atoms with Crippen LogP contribution < -0.4 is 4.90 Å². The van der Waals surface area contributed by atoms with Gasteiger partial charge in [-0.15, -0.1) is 0 Å². The first-order chi connectivity index (χ1) is 30.5. The van der Waals surface area contributed by atoms with Gasteiger partial charge in [-0.25, -0.2) is 0 Å². The molecule has 0 amide bonds. The van der Waals surface area contributed by atoms with Crippen LogP contribution in [0.4, 0.5) is 17.1 Å². The highest BCUT2D eigenvalue weighted by molar-refractivity contribution is 6.04. The molecular weight excluding hydrogens is 771 g/mol. The van der Waals surface area contributed by atoms with E-state index >= 15 is 0 Å². The van der Waals surface area contributed by atoms with E-state index in [1.807, 2.05) is 0 Å². The maximum atomic E-state index is 2.68. The minimum absolute atomic E-state index is 0.0341. The SMILES string of the molecule is CC(C)(C)c1ccc2c(c1)C1(c3ccccc3-c3ccccc31)c1cc(C(C)(C)C)cc(N(c3ccc4c(c3)C(C)(C)c3ccccc3-4)c3cccc4c3-c3ccccc3C4(C)C)c1-2. The van der Waals surface area contributed by atoms with Crippen molar-refractivity contribution < 1.29 is 0 Å². The molecule has 0 saturated carbocycles. The van der Waals surface area contributed by atoms with Crippen LogP contribution in [0.3, 0.4) is 0 Å². The molecule has 0 saturated heterocycles. The fourth-order valence-corrected chi connectivity index (χ4v) is 12.5. The fourth-order valence-electron chi connectivity index (χ4n) is 12.5. The van der Waals surface area contributed by atoms with Gasteiger partial charge in [-0.1, -0.05) is 209 Å². The van der Waals surface area contributed by atoms with Gasteiger partial charge in [0.25, 0.3) is 0 Å². The molecule has 8 aromatic carbocycles. The van der Waals surface area contributed by atoms with Gasteiger partial charge in [-0.05, 0) is 124 Å². The summed E-state index contributed by atoms with van der Waals surface area (Å²) < 4.78 is 0. The zero-order valence-corrected chi connectivity index (χ0v) is 39.0. The average molecular weight is 828 g/mol. The quantitative estimate of drug-likeness (QED) is 0.171. The van der Waals surface area contributed by atoms with E-state index in [2.05, 4.69) is 238 Å². The second-order valence-electron chi connectivity index (χ2n) is 22.1. The summed E-state index contributed by atoms with van der Waals surface area (Å²) in [5.74, 6) is 0. The number of fused-ring (bicyclic) bond motifs is 16. The van der Waals surface area contributed by atoms with Crippen LogP contribution >= 0.6 is 0 Å². The third-order valence-corrected chi connectivity index (χ3v) is 15.8. The number of anilines is 3. The minimum atomic E-state index is -0.504. The van der Waals surface area contributed by atoms with Gasteiger partial charge in [0.05, 0.1) is 16.8 Å². The normalized spacial score (nSPS) is 16.0. The highest BCUT2D eigenvalue weighted by Gasteiger charge is 2.53. The van der Waals surface area contributed by atoms with E-state index in [1.165, 1.54) is 117 Å². The molecule has 0 aromatic heterocycles. The van der Waals surface area contributed by atoms with Crippen LogP contribution in [-0.2, 0) is 27.1 Å². The predicted molar refractivity (Wildman–Crippen MR) is 270 cm³/mol. The Balaban J connectivity index is 1.25. The van der Waals surface area contributed by atoms with Crippen molar-refractivity contribution in [3.05, 3.63) is 219 Å². The highest BCUT2D eigenvalue weighted by Crippen LogP contribution is 2.66. The van der Waals surface area contributed by atoms with E-state index in [0.717, 1.165) is 0 Å². The number of hydrogen-bond acceptors (Lipinski definition) is 1. The van der Waals surface area contributed by atoms with Gasteiger partial charge in [0, 0.05) is 27.6 Å². The molecule has 12 rings (SSSR count). The van der Waals surface area contributed by atoms with E-state index in [-0.39, 0.29) is 21.7 Å². The molecule has 1 spiro atoms. The van der Waals surface area contributed by atoms with E-state index in [4.69, 9.17) is 0 Å². The summed E-state index contributed by atoms with van der Waals surface area (Å²) in [7, 11) is 0. The molecule has 4 aliphatic rings. The van der Waals surface area contributed by atoms with Gasteiger partial charge in [0.15, 0.2) is 0 Å². The first kappa shape index (κ1) is 39.2. The molecule has 0 radical (unpaired) electrons. The number of benzene rings is 8. The lowest BCUT2D eigenvalue weighted by Crippen LogP contribution is -2.27. The van der Waals surface area contributed by atoms with E-state index in [9.17, 15) is 0 Å². The maximum absolute atomic E-state index is 2.68. The summed E-state index contributed by atoms with van der Waals surface area (Å²) in [4.78, 5) is 2.68. The molecule has 0 aliphatic heterocycles. The first-order valence-corrected chi connectivity index (χ1v) is 23.4. The second-order valence-corrected chi connectivity index (χ2v) is 22.1. The summed E-state index contributed by atoms with van der Waals surface area (Å²) in [6, 6.07) is 63.7. The third kappa shape index (κ3) is 5.02. The molecule has 0 unspecified atom stereocenters. The van der Waals surface area contributed by atoms with Crippen LogP contribution in [0.1, 0.15) is 125 Å². The molecular formula is C63H57N. The van der Waals surface area contributed by atoms with Crippen molar-refractivity contribution in [1.29, 1.82) is 0 Å². The molecule has 0 atom stereocenters. The van der Waals surface area contributed by atoms with Crippen LogP contribution in [-0.4, -0.2) is 0 Å². The van der Waals surface area contributed by atoms with Crippen molar-refractivity contribution >= 4 is 17.1 Å². The van der Waals surface area contributed by atoms with Crippen LogP contribution in [0.15, 0.2) is 164 Å². The van der Waals surface area contributed by atoms with Gasteiger partial charge in [0.2, 0.25) is 0 Å². The average Bonchev–Trinajstić information content (AvgIpc) is 3.91. The fraction of sp³-hybridized carbons (Fsp3) is 0.238. The topological polar surface area (TPSA) is 3.24 Å². The molecule has 4 aliphatic carbocycles. The molecule has 0 bridgehead atoms. The highest BCUT2D eigenvalue weighted by atomic mass is 15.2. The van der Waals surface area contributed by atoms with Crippen LogP contribution in [0, 0.1) is 0 Å². The first-order valence-electron chi connectivity index (χ1n) is 23.4. The van der Waals surface area contributed by atoms with Crippen LogP contribution in [0.5, 0.6) is 0 Å². The Hall–Kier alpha value is -6.44. The number of nitrogens with zero attached hydrogens (tertiary/aromatic N) is 1. The number of rotatable bonds is 3. The second kappa shape index (κ2) is 12.9. The van der Waals surface area contributed by atoms with Crippen molar-refractivity contribution in [2.75, 3.05) is 4.90 Å². The summed E-state index contributed by atoms with van der Waals surface area (Å²) >= 11 is 0. The third-order valence-electron chi connectivity index (χ3n) is 15.8. The number of hydrogen-bond donors (Lipinski definition) is 0. The van der Waals surface area contributed by atoms with Crippen molar-refractivity contribution in [3.63, 3.8) is 0 Å². The zero-order chi connectivity index (χ0) is 44.3. The van der Waals surface area contributed by atoms with Gasteiger partial charge in [0.1, 0.15) is 0 Å². The van der Waals surface area contributed by atoms with Crippen molar-refractivity contribution in [3.8, 4) is 44.5 Å². The largest absolute Gasteiger partial charge is 0.309 e. The summed E-state index contributed by atoms with van der Waals surface area (Å²) in [6.07, 6.45) is 0. The minimum Gasteiger partial charge on any atom is -0.309 e. The smallest absolute Gasteiger partial charge is 0.0726 e. The van der Waals surface area contributed by atoms with Crippen LogP contribution in [0.2, 0.25) is 0 Å². The van der Waals surface area contributed by atoms with Crippen LogP contribution in [0.25, 0.3) is 44.5 Å². The van der Waals surface area contributed by atoms with Crippen molar-refractivity contribution in [2.24, 2.45) is 0 Å². The lowest BCUT2D eigenvalue weighted by molar-refractivity contribution is 0.586. The Labute approximate surface area is 380 Å².